The molecule has 2 heterocycles. The lowest BCUT2D eigenvalue weighted by molar-refractivity contribution is -0.132. The predicted molar refractivity (Wildman–Crippen MR) is 95.3 cm³/mol. The SMILES string of the molecule is COC(=O)c1cc(-c2ccc(Br)cc2)nc2ccnc(OC(C)=O)c12. The largest absolute Gasteiger partial charge is 0.465 e. The molecule has 2 aromatic heterocycles. The van der Waals surface area contributed by atoms with Gasteiger partial charge in [0.05, 0.1) is 29.3 Å². The van der Waals surface area contributed by atoms with Crippen LogP contribution in [0.1, 0.15) is 17.3 Å². The van der Waals surface area contributed by atoms with Gasteiger partial charge in [-0.3, -0.25) is 4.79 Å². The van der Waals surface area contributed by atoms with Crippen LogP contribution in [0.25, 0.3) is 22.2 Å². The smallest absolute Gasteiger partial charge is 0.338 e. The molecule has 0 spiro atoms. The number of carbonyl (C=O) groups is 2. The van der Waals surface area contributed by atoms with Gasteiger partial charge < -0.3 is 9.47 Å². The van der Waals surface area contributed by atoms with E-state index in [0.29, 0.717) is 16.6 Å². The number of pyridine rings is 2. The third-order valence-corrected chi connectivity index (χ3v) is 4.00. The first-order valence-corrected chi connectivity index (χ1v) is 8.11. The number of hydrogen-bond acceptors (Lipinski definition) is 6. The van der Waals surface area contributed by atoms with Crippen molar-refractivity contribution < 1.29 is 19.1 Å². The lowest BCUT2D eigenvalue weighted by Crippen LogP contribution is -2.08. The van der Waals surface area contributed by atoms with Crippen molar-refractivity contribution in [3.63, 3.8) is 0 Å². The van der Waals surface area contributed by atoms with Crippen LogP contribution in [0, 0.1) is 0 Å². The molecular weight excluding hydrogens is 388 g/mol. The highest BCUT2D eigenvalue weighted by Crippen LogP contribution is 2.31. The van der Waals surface area contributed by atoms with E-state index in [4.69, 9.17) is 9.47 Å². The molecule has 0 aliphatic rings. The van der Waals surface area contributed by atoms with Gasteiger partial charge in [0, 0.05) is 23.2 Å². The summed E-state index contributed by atoms with van der Waals surface area (Å²) < 4.78 is 10.9. The number of hydrogen-bond donors (Lipinski definition) is 0. The number of aromatic nitrogens is 2. The first kappa shape index (κ1) is 17.0. The van der Waals surface area contributed by atoms with Gasteiger partial charge in [-0.15, -0.1) is 0 Å². The Bertz CT molecular complexity index is 971. The third kappa shape index (κ3) is 3.51. The maximum absolute atomic E-state index is 12.3. The Kier molecular flexibility index (Phi) is 4.76. The van der Waals surface area contributed by atoms with Gasteiger partial charge in [-0.25, -0.2) is 14.8 Å². The van der Waals surface area contributed by atoms with Crippen molar-refractivity contribution in [3.05, 3.63) is 52.6 Å². The molecule has 0 radical (unpaired) electrons. The summed E-state index contributed by atoms with van der Waals surface area (Å²) in [7, 11) is 1.29. The highest BCUT2D eigenvalue weighted by molar-refractivity contribution is 9.10. The van der Waals surface area contributed by atoms with Crippen LogP contribution >= 0.6 is 15.9 Å². The quantitative estimate of drug-likeness (QED) is 0.622. The van der Waals surface area contributed by atoms with Gasteiger partial charge >= 0.3 is 11.9 Å². The highest BCUT2D eigenvalue weighted by atomic mass is 79.9. The van der Waals surface area contributed by atoms with Crippen molar-refractivity contribution in [2.45, 2.75) is 6.92 Å². The molecule has 0 unspecified atom stereocenters. The van der Waals surface area contributed by atoms with Crippen LogP contribution in [0.3, 0.4) is 0 Å². The van der Waals surface area contributed by atoms with Crippen LogP contribution in [-0.2, 0) is 9.53 Å². The molecular formula is C18H13BrN2O4. The average molecular weight is 401 g/mol. The molecule has 0 aliphatic carbocycles. The second-order valence-corrected chi connectivity index (χ2v) is 6.07. The second-order valence-electron chi connectivity index (χ2n) is 5.16. The van der Waals surface area contributed by atoms with Crippen LogP contribution in [0.5, 0.6) is 5.88 Å². The summed E-state index contributed by atoms with van der Waals surface area (Å²) in [5.74, 6) is -1.07. The lowest BCUT2D eigenvalue weighted by Gasteiger charge is -2.11. The highest BCUT2D eigenvalue weighted by Gasteiger charge is 2.19. The van der Waals surface area contributed by atoms with Gasteiger partial charge in [-0.1, -0.05) is 28.1 Å². The molecule has 6 nitrogen and oxygen atoms in total. The molecule has 3 rings (SSSR count). The first-order valence-electron chi connectivity index (χ1n) is 7.32. The van der Waals surface area contributed by atoms with Crippen LogP contribution in [0.2, 0.25) is 0 Å². The number of benzene rings is 1. The van der Waals surface area contributed by atoms with Gasteiger partial charge in [0.15, 0.2) is 0 Å². The Hall–Kier alpha value is -2.80. The van der Waals surface area contributed by atoms with Crippen LogP contribution in [0.15, 0.2) is 47.1 Å². The molecule has 0 amide bonds. The fraction of sp³-hybridized carbons (Fsp3) is 0.111. The van der Waals surface area contributed by atoms with Crippen molar-refractivity contribution in [2.24, 2.45) is 0 Å². The minimum atomic E-state index is -0.563. The monoisotopic (exact) mass is 400 g/mol. The van der Waals surface area contributed by atoms with Crippen LogP contribution in [0.4, 0.5) is 0 Å². The average Bonchev–Trinajstić information content (AvgIpc) is 2.60. The fourth-order valence-electron chi connectivity index (χ4n) is 2.40. The number of fused-ring (bicyclic) bond motifs is 1. The van der Waals surface area contributed by atoms with Crippen molar-refractivity contribution in [2.75, 3.05) is 7.11 Å². The Labute approximate surface area is 151 Å². The number of nitrogens with zero attached hydrogens (tertiary/aromatic N) is 2. The van der Waals surface area contributed by atoms with E-state index < -0.39 is 11.9 Å². The summed E-state index contributed by atoms with van der Waals surface area (Å²) >= 11 is 3.39. The van der Waals surface area contributed by atoms with Gasteiger partial charge in [-0.2, -0.15) is 0 Å². The Morgan fingerprint density at radius 2 is 1.84 bits per heavy atom. The molecule has 7 heteroatoms. The first-order chi connectivity index (χ1) is 12.0. The summed E-state index contributed by atoms with van der Waals surface area (Å²) in [6, 6.07) is 10.8. The van der Waals surface area contributed by atoms with Crippen molar-refractivity contribution in [1.29, 1.82) is 0 Å². The van der Waals surface area contributed by atoms with Crippen molar-refractivity contribution >= 4 is 38.8 Å². The maximum Gasteiger partial charge on any atom is 0.338 e. The summed E-state index contributed by atoms with van der Waals surface area (Å²) in [4.78, 5) is 32.2. The fourth-order valence-corrected chi connectivity index (χ4v) is 2.67. The molecule has 0 saturated heterocycles. The number of methoxy groups -OCH3 is 1. The third-order valence-electron chi connectivity index (χ3n) is 3.47. The van der Waals surface area contributed by atoms with E-state index in [0.717, 1.165) is 10.0 Å². The lowest BCUT2D eigenvalue weighted by atomic mass is 10.1. The number of carbonyl (C=O) groups excluding carboxylic acids is 2. The summed E-state index contributed by atoms with van der Waals surface area (Å²) in [5, 5.41) is 0.338. The van der Waals surface area contributed by atoms with Gasteiger partial charge in [0.2, 0.25) is 5.88 Å². The van der Waals surface area contributed by atoms with E-state index in [2.05, 4.69) is 25.9 Å². The minimum Gasteiger partial charge on any atom is -0.465 e. The summed E-state index contributed by atoms with van der Waals surface area (Å²) in [6.45, 7) is 1.27. The zero-order valence-electron chi connectivity index (χ0n) is 13.4. The molecule has 25 heavy (non-hydrogen) atoms. The Balaban J connectivity index is 2.28. The van der Waals surface area contributed by atoms with E-state index in [1.54, 1.807) is 12.1 Å². The molecule has 3 aromatic rings. The zero-order chi connectivity index (χ0) is 18.0. The molecule has 0 fully saturated rings. The minimum absolute atomic E-state index is 0.0280. The van der Waals surface area contributed by atoms with E-state index in [9.17, 15) is 9.59 Å². The van der Waals surface area contributed by atoms with Crippen molar-refractivity contribution in [3.8, 4) is 17.1 Å². The second kappa shape index (κ2) is 6.98. The number of halogens is 1. The van der Waals surface area contributed by atoms with Crippen molar-refractivity contribution in [1.82, 2.24) is 9.97 Å². The van der Waals surface area contributed by atoms with E-state index in [1.165, 1.54) is 20.2 Å². The van der Waals surface area contributed by atoms with E-state index in [1.807, 2.05) is 24.3 Å². The molecule has 0 N–H and O–H groups in total. The van der Waals surface area contributed by atoms with Gasteiger partial charge in [-0.05, 0) is 24.3 Å². The molecule has 0 saturated carbocycles. The summed E-state index contributed by atoms with van der Waals surface area (Å²) in [6.07, 6.45) is 1.47. The predicted octanol–water partition coefficient (Wildman–Crippen LogP) is 3.77. The topological polar surface area (TPSA) is 78.4 Å². The van der Waals surface area contributed by atoms with Gasteiger partial charge in [0.1, 0.15) is 0 Å². The molecule has 126 valence electrons. The van der Waals surface area contributed by atoms with E-state index in [-0.39, 0.29) is 11.4 Å². The molecule has 0 aliphatic heterocycles. The summed E-state index contributed by atoms with van der Waals surface area (Å²) in [5.41, 5.74) is 2.14. The van der Waals surface area contributed by atoms with E-state index >= 15 is 0 Å². The number of rotatable bonds is 3. The van der Waals surface area contributed by atoms with Crippen LogP contribution < -0.4 is 4.74 Å². The number of esters is 2. The maximum atomic E-state index is 12.3. The standard InChI is InChI=1S/C18H13BrN2O4/c1-10(22)25-17-16-13(18(23)24-2)9-15(21-14(16)7-8-20-17)11-3-5-12(19)6-4-11/h3-9H,1-2H3. The Morgan fingerprint density at radius 3 is 2.48 bits per heavy atom. The van der Waals surface area contributed by atoms with Crippen LogP contribution in [-0.4, -0.2) is 29.0 Å². The number of ether oxygens (including phenoxy) is 2. The van der Waals surface area contributed by atoms with Gasteiger partial charge in [0.25, 0.3) is 0 Å². The molecule has 1 aromatic carbocycles. The normalized spacial score (nSPS) is 10.5. The Morgan fingerprint density at radius 1 is 1.12 bits per heavy atom. The zero-order valence-corrected chi connectivity index (χ0v) is 15.0. The molecule has 0 atom stereocenters. The molecule has 0 bridgehead atoms.